The maximum Gasteiger partial charge on any atom is 0.178 e. The van der Waals surface area contributed by atoms with Gasteiger partial charge in [-0.1, -0.05) is 6.42 Å². The Bertz CT molecular complexity index is 497. The number of nitrogens with zero attached hydrogens (tertiary/aromatic N) is 2. The molecule has 0 aromatic carbocycles. The van der Waals surface area contributed by atoms with E-state index in [0.29, 0.717) is 6.04 Å². The van der Waals surface area contributed by atoms with Gasteiger partial charge in [-0.15, -0.1) is 0 Å². The van der Waals surface area contributed by atoms with E-state index >= 15 is 0 Å². The third kappa shape index (κ3) is 1.59. The van der Waals surface area contributed by atoms with Crippen LogP contribution >= 0.6 is 0 Å². The fourth-order valence-electron chi connectivity index (χ4n) is 2.45. The summed E-state index contributed by atoms with van der Waals surface area (Å²) in [6, 6.07) is 2.56. The zero-order valence-corrected chi connectivity index (χ0v) is 9.45. The Hall–Kier alpha value is -1.42. The zero-order valence-electron chi connectivity index (χ0n) is 9.45. The van der Waals surface area contributed by atoms with Gasteiger partial charge in [0.25, 0.3) is 0 Å². The number of H-pyrrole nitrogens is 1. The molecule has 4 heteroatoms. The molecule has 84 valence electrons. The number of imidazole rings is 1. The number of hydrogen-bond donors (Lipinski definition) is 2. The van der Waals surface area contributed by atoms with Crippen LogP contribution in [0.1, 0.15) is 36.7 Å². The number of fused-ring (bicyclic) bond motifs is 1. The highest BCUT2D eigenvalue weighted by Gasteiger charge is 2.18. The Labute approximate surface area is 94.5 Å². The van der Waals surface area contributed by atoms with Crippen LogP contribution < -0.4 is 5.32 Å². The summed E-state index contributed by atoms with van der Waals surface area (Å²) in [5.41, 5.74) is 3.24. The molecule has 3 heterocycles. The lowest BCUT2D eigenvalue weighted by molar-refractivity contribution is 0.414. The fraction of sp³-hybridized carbons (Fsp3) is 0.500. The topological polar surface area (TPSA) is 53.6 Å². The number of nitrogens with one attached hydrogen (secondary N) is 2. The summed E-state index contributed by atoms with van der Waals surface area (Å²) >= 11 is 0. The normalized spacial score (nSPS) is 21.4. The van der Waals surface area contributed by atoms with E-state index in [0.717, 1.165) is 23.5 Å². The van der Waals surface area contributed by atoms with Gasteiger partial charge in [-0.05, 0) is 37.9 Å². The van der Waals surface area contributed by atoms with E-state index in [1.807, 2.05) is 13.1 Å². The van der Waals surface area contributed by atoms with Crippen LogP contribution in [0.3, 0.4) is 0 Å². The number of aromatic amines is 1. The van der Waals surface area contributed by atoms with Gasteiger partial charge in [0.05, 0.1) is 5.52 Å². The zero-order chi connectivity index (χ0) is 11.0. The van der Waals surface area contributed by atoms with Gasteiger partial charge in [-0.25, -0.2) is 9.97 Å². The first-order valence-electron chi connectivity index (χ1n) is 5.89. The second-order valence-electron chi connectivity index (χ2n) is 4.42. The smallest absolute Gasteiger partial charge is 0.178 e. The van der Waals surface area contributed by atoms with E-state index in [2.05, 4.69) is 26.3 Å². The summed E-state index contributed by atoms with van der Waals surface area (Å²) in [6.45, 7) is 3.08. The molecule has 0 amide bonds. The minimum atomic E-state index is 0.457. The van der Waals surface area contributed by atoms with Crippen LogP contribution in [0.2, 0.25) is 0 Å². The highest BCUT2D eigenvalue weighted by Crippen LogP contribution is 2.27. The number of pyridine rings is 1. The fourth-order valence-corrected chi connectivity index (χ4v) is 2.45. The molecule has 0 saturated carbocycles. The second kappa shape index (κ2) is 3.87. The largest absolute Gasteiger partial charge is 0.341 e. The standard InChI is InChI=1S/C12H16N4/c1-8-15-11-9(5-7-14-12(11)16-8)10-4-2-3-6-13-10/h5,7,10,13H,2-4,6H2,1H3,(H,14,15,16). The third-order valence-electron chi connectivity index (χ3n) is 3.23. The molecule has 3 rings (SSSR count). The minimum absolute atomic E-state index is 0.457. The van der Waals surface area contributed by atoms with Crippen LogP contribution in [-0.2, 0) is 0 Å². The molecular weight excluding hydrogens is 200 g/mol. The van der Waals surface area contributed by atoms with Crippen LogP contribution in [0.5, 0.6) is 0 Å². The molecule has 2 aromatic rings. The van der Waals surface area contributed by atoms with Crippen molar-refractivity contribution in [1.29, 1.82) is 0 Å². The Kier molecular flexibility index (Phi) is 2.36. The van der Waals surface area contributed by atoms with Crippen LogP contribution in [0, 0.1) is 6.92 Å². The van der Waals surface area contributed by atoms with Crippen molar-refractivity contribution in [1.82, 2.24) is 20.3 Å². The highest BCUT2D eigenvalue weighted by molar-refractivity contribution is 5.75. The van der Waals surface area contributed by atoms with E-state index in [1.165, 1.54) is 24.8 Å². The SMILES string of the molecule is Cc1nc2nccc(C3CCCCN3)c2[nH]1. The molecular formula is C12H16N4. The summed E-state index contributed by atoms with van der Waals surface area (Å²) < 4.78 is 0. The van der Waals surface area contributed by atoms with E-state index in [4.69, 9.17) is 0 Å². The van der Waals surface area contributed by atoms with Gasteiger partial charge in [0.1, 0.15) is 5.82 Å². The monoisotopic (exact) mass is 216 g/mol. The molecule has 0 spiro atoms. The van der Waals surface area contributed by atoms with E-state index in [9.17, 15) is 0 Å². The van der Waals surface area contributed by atoms with Crippen molar-refractivity contribution in [3.8, 4) is 0 Å². The van der Waals surface area contributed by atoms with Gasteiger partial charge in [-0.3, -0.25) is 0 Å². The first kappa shape index (κ1) is 9.78. The van der Waals surface area contributed by atoms with Gasteiger partial charge in [0.15, 0.2) is 5.65 Å². The van der Waals surface area contributed by atoms with Gasteiger partial charge in [-0.2, -0.15) is 0 Å². The lowest BCUT2D eigenvalue weighted by atomic mass is 9.98. The van der Waals surface area contributed by atoms with E-state index < -0.39 is 0 Å². The van der Waals surface area contributed by atoms with Crippen molar-refractivity contribution in [2.24, 2.45) is 0 Å². The summed E-state index contributed by atoms with van der Waals surface area (Å²) in [4.78, 5) is 12.0. The summed E-state index contributed by atoms with van der Waals surface area (Å²) in [5, 5.41) is 3.56. The van der Waals surface area contributed by atoms with E-state index in [-0.39, 0.29) is 0 Å². The first-order valence-corrected chi connectivity index (χ1v) is 5.89. The number of aryl methyl sites for hydroxylation is 1. The predicted octanol–water partition coefficient (Wildman–Crippen LogP) is 2.08. The predicted molar refractivity (Wildman–Crippen MR) is 63.2 cm³/mol. The van der Waals surface area contributed by atoms with Crippen LogP contribution in [0.15, 0.2) is 12.3 Å². The van der Waals surface area contributed by atoms with Crippen LogP contribution in [0.25, 0.3) is 11.2 Å². The lowest BCUT2D eigenvalue weighted by Gasteiger charge is -2.23. The summed E-state index contributed by atoms with van der Waals surface area (Å²) in [7, 11) is 0. The van der Waals surface area contributed by atoms with Crippen molar-refractivity contribution in [3.63, 3.8) is 0 Å². The molecule has 2 aromatic heterocycles. The number of piperidine rings is 1. The maximum atomic E-state index is 4.37. The number of aromatic nitrogens is 3. The Morgan fingerprint density at radius 2 is 2.31 bits per heavy atom. The molecule has 1 aliphatic rings. The van der Waals surface area contributed by atoms with Gasteiger partial charge >= 0.3 is 0 Å². The summed E-state index contributed by atoms with van der Waals surface area (Å²) in [5.74, 6) is 0.936. The molecule has 1 fully saturated rings. The minimum Gasteiger partial charge on any atom is -0.341 e. The average Bonchev–Trinajstić information content (AvgIpc) is 2.70. The molecule has 2 N–H and O–H groups in total. The summed E-state index contributed by atoms with van der Waals surface area (Å²) in [6.07, 6.45) is 5.65. The Balaban J connectivity index is 2.07. The molecule has 1 aliphatic heterocycles. The lowest BCUT2D eigenvalue weighted by Crippen LogP contribution is -2.26. The van der Waals surface area contributed by atoms with Crippen LogP contribution in [-0.4, -0.2) is 21.5 Å². The van der Waals surface area contributed by atoms with Crippen molar-refractivity contribution < 1.29 is 0 Å². The highest BCUT2D eigenvalue weighted by atomic mass is 15.0. The quantitative estimate of drug-likeness (QED) is 0.767. The van der Waals surface area contributed by atoms with Crippen molar-refractivity contribution in [2.75, 3.05) is 6.54 Å². The molecule has 0 aliphatic carbocycles. The average molecular weight is 216 g/mol. The molecule has 4 nitrogen and oxygen atoms in total. The maximum absolute atomic E-state index is 4.37. The number of rotatable bonds is 1. The second-order valence-corrected chi connectivity index (χ2v) is 4.42. The van der Waals surface area contributed by atoms with Gasteiger partial charge in [0, 0.05) is 12.2 Å². The van der Waals surface area contributed by atoms with E-state index in [1.54, 1.807) is 0 Å². The van der Waals surface area contributed by atoms with Gasteiger partial charge in [0.2, 0.25) is 0 Å². The molecule has 1 saturated heterocycles. The Morgan fingerprint density at radius 3 is 3.12 bits per heavy atom. The van der Waals surface area contributed by atoms with Crippen LogP contribution in [0.4, 0.5) is 0 Å². The number of hydrogen-bond acceptors (Lipinski definition) is 3. The first-order chi connectivity index (χ1) is 7.84. The molecule has 0 bridgehead atoms. The molecule has 1 unspecified atom stereocenters. The molecule has 1 atom stereocenters. The van der Waals surface area contributed by atoms with Crippen molar-refractivity contribution in [2.45, 2.75) is 32.2 Å². The third-order valence-corrected chi connectivity index (χ3v) is 3.23. The molecule has 0 radical (unpaired) electrons. The molecule has 16 heavy (non-hydrogen) atoms. The van der Waals surface area contributed by atoms with Gasteiger partial charge < -0.3 is 10.3 Å². The Morgan fingerprint density at radius 1 is 1.38 bits per heavy atom. The van der Waals surface area contributed by atoms with Crippen molar-refractivity contribution in [3.05, 3.63) is 23.7 Å². The van der Waals surface area contributed by atoms with Crippen molar-refractivity contribution >= 4 is 11.2 Å².